The first-order valence-corrected chi connectivity index (χ1v) is 8.88. The van der Waals surface area contributed by atoms with Gasteiger partial charge in [-0.1, -0.05) is 0 Å². The molecule has 0 radical (unpaired) electrons. The molecule has 1 heterocycles. The normalized spacial score (nSPS) is 16.1. The van der Waals surface area contributed by atoms with Gasteiger partial charge in [-0.3, -0.25) is 4.79 Å². The highest BCUT2D eigenvalue weighted by Gasteiger charge is 2.23. The Kier molecular flexibility index (Phi) is 5.53. The summed E-state index contributed by atoms with van der Waals surface area (Å²) in [6.45, 7) is 0. The molecule has 0 saturated carbocycles. The van der Waals surface area contributed by atoms with Crippen LogP contribution in [0.15, 0.2) is 42.5 Å². The lowest BCUT2D eigenvalue weighted by Gasteiger charge is -2.28. The molecule has 4 nitrogen and oxygen atoms in total. The first kappa shape index (κ1) is 19.4. The van der Waals surface area contributed by atoms with Crippen molar-refractivity contribution in [1.29, 1.82) is 0 Å². The van der Waals surface area contributed by atoms with Gasteiger partial charge < -0.3 is 15.2 Å². The molecule has 27 heavy (non-hydrogen) atoms. The number of nitrogens with one attached hydrogen (secondary N) is 2. The maximum atomic E-state index is 13.0. The second-order valence-corrected chi connectivity index (χ2v) is 7.16. The number of hydrogen-bond donors (Lipinski definition) is 2. The zero-order chi connectivity index (χ0) is 18.3. The van der Waals surface area contributed by atoms with Crippen molar-refractivity contribution in [3.05, 3.63) is 65.1 Å². The summed E-state index contributed by atoms with van der Waals surface area (Å²) < 4.78 is 13.0. The molecule has 1 aliphatic rings. The molecule has 1 amide bonds. The molecular weight excluding hydrogens is 365 g/mol. The number of aromatic amines is 1. The molecule has 4 rings (SSSR count). The molecule has 142 valence electrons. The van der Waals surface area contributed by atoms with Crippen molar-refractivity contribution in [2.75, 3.05) is 19.4 Å². The lowest BCUT2D eigenvalue weighted by Crippen LogP contribution is -2.33. The van der Waals surface area contributed by atoms with Crippen LogP contribution in [0.2, 0.25) is 0 Å². The third-order valence-electron chi connectivity index (χ3n) is 5.26. The van der Waals surface area contributed by atoms with Gasteiger partial charge in [-0.25, -0.2) is 4.39 Å². The smallest absolute Gasteiger partial charge is 0.255 e. The van der Waals surface area contributed by atoms with Gasteiger partial charge in [0.15, 0.2) is 0 Å². The van der Waals surface area contributed by atoms with Gasteiger partial charge in [0, 0.05) is 33.9 Å². The standard InChI is InChI=1S/C21H22FN3O.ClH/c1-25(2)16-8-10-20-18(12-16)17-11-15(7-9-19(17)24-20)23-21(26)13-3-5-14(22)6-4-13;/h3-7,9,11,16,24H,8,10,12H2,1-2H3,(H,23,26);1H/t16-;/m1./s1. The molecule has 0 bridgehead atoms. The zero-order valence-electron chi connectivity index (χ0n) is 15.4. The Labute approximate surface area is 164 Å². The summed E-state index contributed by atoms with van der Waals surface area (Å²) >= 11 is 0. The average molecular weight is 388 g/mol. The first-order valence-electron chi connectivity index (χ1n) is 8.88. The molecule has 1 aliphatic carbocycles. The highest BCUT2D eigenvalue weighted by atomic mass is 35.5. The van der Waals surface area contributed by atoms with E-state index in [0.29, 0.717) is 11.6 Å². The van der Waals surface area contributed by atoms with Gasteiger partial charge in [0.2, 0.25) is 0 Å². The van der Waals surface area contributed by atoms with Crippen LogP contribution in [0.4, 0.5) is 10.1 Å². The van der Waals surface area contributed by atoms with Crippen molar-refractivity contribution in [2.24, 2.45) is 0 Å². The number of fused-ring (bicyclic) bond motifs is 3. The van der Waals surface area contributed by atoms with Crippen LogP contribution in [-0.2, 0) is 12.8 Å². The number of anilines is 1. The van der Waals surface area contributed by atoms with Crippen LogP contribution in [0.1, 0.15) is 28.0 Å². The third kappa shape index (κ3) is 3.84. The molecule has 1 atom stereocenters. The van der Waals surface area contributed by atoms with Crippen molar-refractivity contribution in [1.82, 2.24) is 9.88 Å². The molecule has 2 N–H and O–H groups in total. The number of carbonyl (C=O) groups is 1. The molecule has 0 aliphatic heterocycles. The van der Waals surface area contributed by atoms with Crippen molar-refractivity contribution >= 4 is 34.9 Å². The van der Waals surface area contributed by atoms with E-state index in [9.17, 15) is 9.18 Å². The summed E-state index contributed by atoms with van der Waals surface area (Å²) in [5.74, 6) is -0.586. The minimum atomic E-state index is -0.350. The van der Waals surface area contributed by atoms with Gasteiger partial charge in [0.1, 0.15) is 5.82 Å². The summed E-state index contributed by atoms with van der Waals surface area (Å²) in [4.78, 5) is 18.2. The van der Waals surface area contributed by atoms with E-state index >= 15 is 0 Å². The topological polar surface area (TPSA) is 48.1 Å². The summed E-state index contributed by atoms with van der Waals surface area (Å²) in [5.41, 5.74) is 4.95. The van der Waals surface area contributed by atoms with E-state index in [1.807, 2.05) is 18.2 Å². The van der Waals surface area contributed by atoms with E-state index in [-0.39, 0.29) is 24.1 Å². The van der Waals surface area contributed by atoms with E-state index in [1.54, 1.807) is 0 Å². The average Bonchev–Trinajstić information content (AvgIpc) is 2.99. The Hall–Kier alpha value is -2.37. The van der Waals surface area contributed by atoms with Gasteiger partial charge in [-0.15, -0.1) is 12.4 Å². The van der Waals surface area contributed by atoms with E-state index in [2.05, 4.69) is 29.3 Å². The van der Waals surface area contributed by atoms with Crippen LogP contribution in [-0.4, -0.2) is 35.9 Å². The van der Waals surface area contributed by atoms with Gasteiger partial charge in [-0.05, 0) is 81.4 Å². The fourth-order valence-electron chi connectivity index (χ4n) is 3.72. The van der Waals surface area contributed by atoms with Crippen LogP contribution in [0, 0.1) is 5.82 Å². The SMILES string of the molecule is CN(C)[C@@H]1CCc2[nH]c3ccc(NC(=O)c4ccc(F)cc4)cc3c2C1.Cl. The van der Waals surface area contributed by atoms with Gasteiger partial charge in [0.05, 0.1) is 0 Å². The lowest BCUT2D eigenvalue weighted by molar-refractivity contribution is 0.102. The largest absolute Gasteiger partial charge is 0.358 e. The Bertz CT molecular complexity index is 965. The predicted molar refractivity (Wildman–Crippen MR) is 109 cm³/mol. The number of H-pyrrole nitrogens is 1. The maximum Gasteiger partial charge on any atom is 0.255 e. The Morgan fingerprint density at radius 1 is 1.19 bits per heavy atom. The number of likely N-dealkylation sites (N-methyl/N-ethyl adjacent to an activating group) is 1. The fraction of sp³-hybridized carbons (Fsp3) is 0.286. The van der Waals surface area contributed by atoms with Crippen molar-refractivity contribution < 1.29 is 9.18 Å². The molecule has 2 aromatic carbocycles. The summed E-state index contributed by atoms with van der Waals surface area (Å²) in [6, 6.07) is 12.0. The number of aryl methyl sites for hydroxylation is 1. The van der Waals surface area contributed by atoms with Gasteiger partial charge in [-0.2, -0.15) is 0 Å². The van der Waals surface area contributed by atoms with Crippen molar-refractivity contribution in [3.63, 3.8) is 0 Å². The maximum absolute atomic E-state index is 13.0. The van der Waals surface area contributed by atoms with E-state index in [4.69, 9.17) is 0 Å². The number of rotatable bonds is 3. The second-order valence-electron chi connectivity index (χ2n) is 7.16. The Morgan fingerprint density at radius 3 is 2.63 bits per heavy atom. The molecule has 0 fully saturated rings. The molecule has 1 aromatic heterocycles. The molecule has 6 heteroatoms. The predicted octanol–water partition coefficient (Wildman–Crippen LogP) is 4.40. The van der Waals surface area contributed by atoms with E-state index in [0.717, 1.165) is 30.5 Å². The van der Waals surface area contributed by atoms with Crippen LogP contribution in [0.3, 0.4) is 0 Å². The third-order valence-corrected chi connectivity index (χ3v) is 5.26. The highest BCUT2D eigenvalue weighted by Crippen LogP contribution is 2.32. The Balaban J connectivity index is 0.00000210. The lowest BCUT2D eigenvalue weighted by atomic mass is 9.91. The minimum Gasteiger partial charge on any atom is -0.358 e. The van der Waals surface area contributed by atoms with E-state index < -0.39 is 0 Å². The van der Waals surface area contributed by atoms with Crippen LogP contribution in [0.25, 0.3) is 10.9 Å². The molecule has 0 unspecified atom stereocenters. The van der Waals surface area contributed by atoms with Crippen LogP contribution < -0.4 is 5.32 Å². The summed E-state index contributed by atoms with van der Waals surface area (Å²) in [5, 5.41) is 4.08. The second kappa shape index (κ2) is 7.71. The number of benzene rings is 2. The highest BCUT2D eigenvalue weighted by molar-refractivity contribution is 6.05. The van der Waals surface area contributed by atoms with Crippen molar-refractivity contribution in [3.8, 4) is 0 Å². The Morgan fingerprint density at radius 2 is 1.93 bits per heavy atom. The molecule has 3 aromatic rings. The number of aromatic nitrogens is 1. The number of carbonyl (C=O) groups excluding carboxylic acids is 1. The number of halogens is 2. The van der Waals surface area contributed by atoms with Crippen LogP contribution >= 0.6 is 12.4 Å². The molecule has 0 saturated heterocycles. The number of amides is 1. The van der Waals surface area contributed by atoms with E-state index in [1.165, 1.54) is 40.9 Å². The van der Waals surface area contributed by atoms with Crippen LogP contribution in [0.5, 0.6) is 0 Å². The summed E-state index contributed by atoms with van der Waals surface area (Å²) in [7, 11) is 4.25. The molecule has 0 spiro atoms. The monoisotopic (exact) mass is 387 g/mol. The van der Waals surface area contributed by atoms with Gasteiger partial charge in [0.25, 0.3) is 5.91 Å². The zero-order valence-corrected chi connectivity index (χ0v) is 16.2. The number of hydrogen-bond acceptors (Lipinski definition) is 2. The quantitative estimate of drug-likeness (QED) is 0.699. The number of nitrogens with zero attached hydrogens (tertiary/aromatic N) is 1. The fourth-order valence-corrected chi connectivity index (χ4v) is 3.72. The first-order chi connectivity index (χ1) is 12.5. The van der Waals surface area contributed by atoms with Crippen molar-refractivity contribution in [2.45, 2.75) is 25.3 Å². The van der Waals surface area contributed by atoms with Gasteiger partial charge >= 0.3 is 0 Å². The minimum absolute atomic E-state index is 0. The molecular formula is C21H23ClFN3O. The summed E-state index contributed by atoms with van der Waals surface area (Å²) in [6.07, 6.45) is 3.21.